The van der Waals surface area contributed by atoms with Gasteiger partial charge in [-0.3, -0.25) is 4.99 Å². The lowest BCUT2D eigenvalue weighted by molar-refractivity contribution is 0.179. The zero-order valence-corrected chi connectivity index (χ0v) is 10.7. The summed E-state index contributed by atoms with van der Waals surface area (Å²) < 4.78 is 5.09. The van der Waals surface area contributed by atoms with Gasteiger partial charge in [-0.25, -0.2) is 0 Å². The van der Waals surface area contributed by atoms with E-state index in [1.54, 1.807) is 7.11 Å². The SMILES string of the molecule is CCC1C=CC(O)C(C)C1=N[C@@H](C)COC. The van der Waals surface area contributed by atoms with Crippen LogP contribution in [-0.2, 0) is 4.74 Å². The molecule has 1 N–H and O–H groups in total. The Morgan fingerprint density at radius 1 is 1.50 bits per heavy atom. The van der Waals surface area contributed by atoms with Gasteiger partial charge in [0.15, 0.2) is 0 Å². The van der Waals surface area contributed by atoms with Gasteiger partial charge in [-0.15, -0.1) is 0 Å². The summed E-state index contributed by atoms with van der Waals surface area (Å²) >= 11 is 0. The minimum Gasteiger partial charge on any atom is -0.388 e. The number of allylic oxidation sites excluding steroid dienone is 1. The van der Waals surface area contributed by atoms with E-state index in [-0.39, 0.29) is 12.0 Å². The number of aliphatic imine (C=N–C) groups is 1. The summed E-state index contributed by atoms with van der Waals surface area (Å²) in [5.41, 5.74) is 1.11. The summed E-state index contributed by atoms with van der Waals surface area (Å²) in [6.07, 6.45) is 4.60. The van der Waals surface area contributed by atoms with E-state index in [4.69, 9.17) is 4.74 Å². The lowest BCUT2D eigenvalue weighted by Gasteiger charge is -2.29. The van der Waals surface area contributed by atoms with E-state index < -0.39 is 6.10 Å². The van der Waals surface area contributed by atoms with Crippen molar-refractivity contribution in [3.05, 3.63) is 12.2 Å². The summed E-state index contributed by atoms with van der Waals surface area (Å²) in [7, 11) is 1.69. The van der Waals surface area contributed by atoms with Gasteiger partial charge in [0.05, 0.1) is 18.8 Å². The van der Waals surface area contributed by atoms with Crippen LogP contribution >= 0.6 is 0 Å². The number of ether oxygens (including phenoxy) is 1. The third-order valence-corrected chi connectivity index (χ3v) is 3.12. The number of hydrogen-bond acceptors (Lipinski definition) is 3. The summed E-state index contributed by atoms with van der Waals surface area (Å²) in [5, 5.41) is 9.81. The van der Waals surface area contributed by atoms with Gasteiger partial charge in [0.1, 0.15) is 0 Å². The van der Waals surface area contributed by atoms with Crippen molar-refractivity contribution in [1.29, 1.82) is 0 Å². The molecule has 3 heteroatoms. The van der Waals surface area contributed by atoms with Crippen LogP contribution in [0.15, 0.2) is 17.1 Å². The molecule has 0 spiro atoms. The lowest BCUT2D eigenvalue weighted by Crippen LogP contribution is -2.34. The van der Waals surface area contributed by atoms with Crippen LogP contribution in [0.1, 0.15) is 27.2 Å². The molecule has 0 aromatic carbocycles. The normalized spacial score (nSPS) is 34.3. The number of aliphatic hydroxyl groups excluding tert-OH is 1. The third-order valence-electron chi connectivity index (χ3n) is 3.12. The molecule has 3 nitrogen and oxygen atoms in total. The molecule has 1 rings (SSSR count). The molecule has 16 heavy (non-hydrogen) atoms. The van der Waals surface area contributed by atoms with Crippen molar-refractivity contribution in [2.45, 2.75) is 39.3 Å². The maximum Gasteiger partial charge on any atom is 0.0798 e. The van der Waals surface area contributed by atoms with Crippen LogP contribution < -0.4 is 0 Å². The van der Waals surface area contributed by atoms with Crippen molar-refractivity contribution >= 4 is 5.71 Å². The second-order valence-electron chi connectivity index (χ2n) is 4.54. The first-order chi connectivity index (χ1) is 7.60. The van der Waals surface area contributed by atoms with Crippen LogP contribution in [0.4, 0.5) is 0 Å². The van der Waals surface area contributed by atoms with Gasteiger partial charge < -0.3 is 9.84 Å². The van der Waals surface area contributed by atoms with Gasteiger partial charge in [-0.2, -0.15) is 0 Å². The highest BCUT2D eigenvalue weighted by Crippen LogP contribution is 2.24. The second-order valence-corrected chi connectivity index (χ2v) is 4.54. The van der Waals surface area contributed by atoms with Gasteiger partial charge in [0.2, 0.25) is 0 Å². The van der Waals surface area contributed by atoms with Crippen molar-refractivity contribution in [2.75, 3.05) is 13.7 Å². The fourth-order valence-electron chi connectivity index (χ4n) is 2.12. The fourth-order valence-corrected chi connectivity index (χ4v) is 2.12. The molecular formula is C13H23NO2. The van der Waals surface area contributed by atoms with E-state index in [9.17, 15) is 5.11 Å². The Morgan fingerprint density at radius 2 is 2.19 bits per heavy atom. The van der Waals surface area contributed by atoms with Crippen molar-refractivity contribution in [3.8, 4) is 0 Å². The molecule has 1 aliphatic carbocycles. The first kappa shape index (κ1) is 13.4. The van der Waals surface area contributed by atoms with E-state index in [0.717, 1.165) is 12.1 Å². The predicted molar refractivity (Wildman–Crippen MR) is 66.9 cm³/mol. The molecule has 0 aliphatic heterocycles. The van der Waals surface area contributed by atoms with Crippen LogP contribution in [0, 0.1) is 11.8 Å². The number of rotatable bonds is 4. The zero-order valence-electron chi connectivity index (χ0n) is 10.7. The molecule has 1 aliphatic rings. The van der Waals surface area contributed by atoms with Crippen molar-refractivity contribution < 1.29 is 9.84 Å². The smallest absolute Gasteiger partial charge is 0.0798 e. The molecule has 0 heterocycles. The average Bonchev–Trinajstić information content (AvgIpc) is 2.25. The molecule has 0 saturated carbocycles. The monoisotopic (exact) mass is 225 g/mol. The highest BCUT2D eigenvalue weighted by atomic mass is 16.5. The number of hydrogen-bond donors (Lipinski definition) is 1. The maximum atomic E-state index is 9.81. The topological polar surface area (TPSA) is 41.8 Å². The first-order valence-corrected chi connectivity index (χ1v) is 6.03. The zero-order chi connectivity index (χ0) is 12.1. The average molecular weight is 225 g/mol. The van der Waals surface area contributed by atoms with E-state index in [1.807, 2.05) is 19.9 Å². The lowest BCUT2D eigenvalue weighted by atomic mass is 9.82. The molecule has 0 saturated heterocycles. The number of aliphatic hydroxyl groups is 1. The van der Waals surface area contributed by atoms with Crippen LogP contribution in [0.5, 0.6) is 0 Å². The predicted octanol–water partition coefficient (Wildman–Crippen LogP) is 2.06. The van der Waals surface area contributed by atoms with E-state index in [1.165, 1.54) is 0 Å². The summed E-state index contributed by atoms with van der Waals surface area (Å²) in [4.78, 5) is 4.69. The Hall–Kier alpha value is -0.670. The summed E-state index contributed by atoms with van der Waals surface area (Å²) in [5.74, 6) is 0.493. The number of nitrogens with zero attached hydrogens (tertiary/aromatic N) is 1. The van der Waals surface area contributed by atoms with Gasteiger partial charge in [-0.05, 0) is 13.3 Å². The van der Waals surface area contributed by atoms with Crippen LogP contribution in [0.25, 0.3) is 0 Å². The Balaban J connectivity index is 2.84. The summed E-state index contributed by atoms with van der Waals surface area (Å²) in [6, 6.07) is 0.162. The van der Waals surface area contributed by atoms with E-state index in [2.05, 4.69) is 18.0 Å². The Bertz CT molecular complexity index is 273. The van der Waals surface area contributed by atoms with Gasteiger partial charge >= 0.3 is 0 Å². The van der Waals surface area contributed by atoms with E-state index in [0.29, 0.717) is 12.5 Å². The minimum atomic E-state index is -0.392. The molecule has 0 amide bonds. The van der Waals surface area contributed by atoms with E-state index >= 15 is 0 Å². The van der Waals surface area contributed by atoms with Gasteiger partial charge in [0.25, 0.3) is 0 Å². The Morgan fingerprint density at radius 3 is 2.75 bits per heavy atom. The van der Waals surface area contributed by atoms with Gasteiger partial charge in [0, 0.05) is 24.7 Å². The van der Waals surface area contributed by atoms with Crippen molar-refractivity contribution in [1.82, 2.24) is 0 Å². The largest absolute Gasteiger partial charge is 0.388 e. The molecular weight excluding hydrogens is 202 g/mol. The summed E-state index contributed by atoms with van der Waals surface area (Å²) in [6.45, 7) is 6.86. The molecule has 0 aromatic rings. The quantitative estimate of drug-likeness (QED) is 0.744. The highest BCUT2D eigenvalue weighted by Gasteiger charge is 2.27. The van der Waals surface area contributed by atoms with Crippen molar-refractivity contribution in [2.24, 2.45) is 16.8 Å². The maximum absolute atomic E-state index is 9.81. The highest BCUT2D eigenvalue weighted by molar-refractivity contribution is 5.92. The van der Waals surface area contributed by atoms with Crippen LogP contribution in [-0.4, -0.2) is 36.7 Å². The molecule has 0 bridgehead atoms. The second kappa shape index (κ2) is 6.16. The molecule has 0 fully saturated rings. The first-order valence-electron chi connectivity index (χ1n) is 6.03. The van der Waals surface area contributed by atoms with Crippen LogP contribution in [0.3, 0.4) is 0 Å². The Labute approximate surface area is 98.2 Å². The third kappa shape index (κ3) is 3.16. The molecule has 0 radical (unpaired) electrons. The molecule has 0 aromatic heterocycles. The molecule has 4 atom stereocenters. The molecule has 3 unspecified atom stereocenters. The number of methoxy groups -OCH3 is 1. The van der Waals surface area contributed by atoms with Crippen LogP contribution in [0.2, 0.25) is 0 Å². The standard InChI is InChI=1S/C13H23NO2/c1-5-11-6-7-12(15)10(3)13(11)14-9(2)8-16-4/h6-7,9-12,15H,5,8H2,1-4H3/t9-,10?,11?,12?/m0/s1. The molecule has 92 valence electrons. The van der Waals surface area contributed by atoms with Gasteiger partial charge in [-0.1, -0.05) is 26.0 Å². The minimum absolute atomic E-state index is 0.120. The van der Waals surface area contributed by atoms with Crippen molar-refractivity contribution in [3.63, 3.8) is 0 Å². The Kier molecular flexibility index (Phi) is 5.16. The fraction of sp³-hybridized carbons (Fsp3) is 0.769.